The van der Waals surface area contributed by atoms with E-state index in [1.165, 1.54) is 0 Å². The van der Waals surface area contributed by atoms with Crippen molar-refractivity contribution in [2.45, 2.75) is 6.42 Å². The molecule has 0 radical (unpaired) electrons. The van der Waals surface area contributed by atoms with Gasteiger partial charge in [0.05, 0.1) is 19.4 Å². The summed E-state index contributed by atoms with van der Waals surface area (Å²) in [6.07, 6.45) is 2.29. The van der Waals surface area contributed by atoms with Crippen molar-refractivity contribution < 1.29 is 18.7 Å². The first-order valence-electron chi connectivity index (χ1n) is 4.72. The lowest BCUT2D eigenvalue weighted by atomic mass is 10.3. The predicted octanol–water partition coefficient (Wildman–Crippen LogP) is 0.208. The topological polar surface area (TPSA) is 59.8 Å². The van der Waals surface area contributed by atoms with Crippen molar-refractivity contribution in [1.29, 1.82) is 0 Å². The first-order valence-corrected chi connectivity index (χ1v) is 4.72. The number of cyclic esters (lactones) is 2. The molecule has 0 amide bonds. The van der Waals surface area contributed by atoms with Crippen LogP contribution in [0.1, 0.15) is 5.76 Å². The first-order chi connectivity index (χ1) is 7.24. The van der Waals surface area contributed by atoms with E-state index in [4.69, 9.17) is 4.42 Å². The molecule has 1 aromatic rings. The summed E-state index contributed by atoms with van der Waals surface area (Å²) in [5, 5.41) is 0. The van der Waals surface area contributed by atoms with Gasteiger partial charge in [0.2, 0.25) is 0 Å². The van der Waals surface area contributed by atoms with Crippen molar-refractivity contribution >= 4 is 11.9 Å². The van der Waals surface area contributed by atoms with E-state index >= 15 is 0 Å². The summed E-state index contributed by atoms with van der Waals surface area (Å²) in [5.74, 6) is -0.113. The average Bonchev–Trinajstić information content (AvgIpc) is 2.65. The molecule has 5 heteroatoms. The number of rotatable bonds is 3. The van der Waals surface area contributed by atoms with Gasteiger partial charge in [0, 0.05) is 13.0 Å². The highest BCUT2D eigenvalue weighted by Gasteiger charge is 2.24. The second kappa shape index (κ2) is 4.27. The summed E-state index contributed by atoms with van der Waals surface area (Å²) in [6, 6.07) is 3.68. The van der Waals surface area contributed by atoms with Crippen LogP contribution in [0.2, 0.25) is 0 Å². The number of nitrogens with zero attached hydrogens (tertiary/aromatic N) is 1. The maximum atomic E-state index is 10.9. The maximum absolute atomic E-state index is 10.9. The van der Waals surface area contributed by atoms with E-state index in [1.807, 2.05) is 12.1 Å². The first kappa shape index (κ1) is 9.92. The van der Waals surface area contributed by atoms with Gasteiger partial charge < -0.3 is 9.15 Å². The number of ether oxygens (including phenoxy) is 1. The van der Waals surface area contributed by atoms with Crippen LogP contribution in [0.15, 0.2) is 22.8 Å². The molecule has 80 valence electrons. The van der Waals surface area contributed by atoms with Crippen LogP contribution in [0.25, 0.3) is 0 Å². The lowest BCUT2D eigenvalue weighted by Gasteiger charge is -2.23. The summed E-state index contributed by atoms with van der Waals surface area (Å²) >= 11 is 0. The number of hydrogen-bond acceptors (Lipinski definition) is 5. The number of esters is 2. The highest BCUT2D eigenvalue weighted by atomic mass is 16.6. The Morgan fingerprint density at radius 1 is 1.27 bits per heavy atom. The van der Waals surface area contributed by atoms with E-state index in [2.05, 4.69) is 4.74 Å². The van der Waals surface area contributed by atoms with E-state index in [-0.39, 0.29) is 13.1 Å². The monoisotopic (exact) mass is 209 g/mol. The molecule has 15 heavy (non-hydrogen) atoms. The third-order valence-electron chi connectivity index (χ3n) is 2.19. The fourth-order valence-corrected chi connectivity index (χ4v) is 1.49. The molecule has 0 N–H and O–H groups in total. The van der Waals surface area contributed by atoms with Crippen molar-refractivity contribution in [1.82, 2.24) is 4.90 Å². The molecule has 0 aliphatic carbocycles. The molecule has 0 saturated carbocycles. The molecule has 1 aliphatic rings. The molecule has 1 fully saturated rings. The number of morpholine rings is 1. The molecule has 0 aromatic carbocycles. The van der Waals surface area contributed by atoms with Crippen molar-refractivity contribution in [2.75, 3.05) is 19.6 Å². The van der Waals surface area contributed by atoms with Gasteiger partial charge in [0.15, 0.2) is 0 Å². The molecule has 1 saturated heterocycles. The highest BCUT2D eigenvalue weighted by molar-refractivity contribution is 5.90. The molecule has 0 bridgehead atoms. The van der Waals surface area contributed by atoms with Gasteiger partial charge in [0.25, 0.3) is 0 Å². The van der Waals surface area contributed by atoms with Crippen molar-refractivity contribution in [3.8, 4) is 0 Å². The minimum Gasteiger partial charge on any atom is -0.469 e. The van der Waals surface area contributed by atoms with Gasteiger partial charge >= 0.3 is 11.9 Å². The molecule has 2 heterocycles. The highest BCUT2D eigenvalue weighted by Crippen LogP contribution is 2.05. The number of carbonyl (C=O) groups is 2. The van der Waals surface area contributed by atoms with Crippen LogP contribution in [0.5, 0.6) is 0 Å². The molecule has 5 nitrogen and oxygen atoms in total. The predicted molar refractivity (Wildman–Crippen MR) is 50.0 cm³/mol. The Hall–Kier alpha value is -1.62. The van der Waals surface area contributed by atoms with Crippen LogP contribution in [-0.4, -0.2) is 36.5 Å². The second-order valence-electron chi connectivity index (χ2n) is 3.39. The number of furan rings is 1. The van der Waals surface area contributed by atoms with Gasteiger partial charge in [-0.2, -0.15) is 0 Å². The molecule has 0 atom stereocenters. The van der Waals surface area contributed by atoms with E-state index in [1.54, 1.807) is 11.2 Å². The molecule has 0 spiro atoms. The largest absolute Gasteiger partial charge is 0.469 e. The van der Waals surface area contributed by atoms with Crippen molar-refractivity contribution in [3.63, 3.8) is 0 Å². The summed E-state index contributed by atoms with van der Waals surface area (Å²) in [4.78, 5) is 23.6. The van der Waals surface area contributed by atoms with Gasteiger partial charge in [-0.1, -0.05) is 0 Å². The zero-order valence-corrected chi connectivity index (χ0v) is 8.14. The van der Waals surface area contributed by atoms with E-state index in [9.17, 15) is 9.59 Å². The Labute approximate surface area is 86.6 Å². The molecule has 1 aliphatic heterocycles. The average molecular weight is 209 g/mol. The van der Waals surface area contributed by atoms with Crippen LogP contribution >= 0.6 is 0 Å². The molecular weight excluding hydrogens is 198 g/mol. The SMILES string of the molecule is O=C1CN(CCc2ccco2)CC(=O)O1. The van der Waals surface area contributed by atoms with Gasteiger partial charge in [-0.3, -0.25) is 14.5 Å². The quantitative estimate of drug-likeness (QED) is 0.526. The minimum absolute atomic E-state index is 0.173. The number of carbonyl (C=O) groups excluding carboxylic acids is 2. The third-order valence-corrected chi connectivity index (χ3v) is 2.19. The van der Waals surface area contributed by atoms with Crippen LogP contribution in [-0.2, 0) is 20.7 Å². The van der Waals surface area contributed by atoms with E-state index in [0.717, 1.165) is 5.76 Å². The molecule has 1 aromatic heterocycles. The number of hydrogen-bond donors (Lipinski definition) is 0. The molecule has 0 unspecified atom stereocenters. The van der Waals surface area contributed by atoms with Gasteiger partial charge in [-0.15, -0.1) is 0 Å². The van der Waals surface area contributed by atoms with Gasteiger partial charge in [-0.05, 0) is 12.1 Å². The minimum atomic E-state index is -0.481. The zero-order chi connectivity index (χ0) is 10.7. The maximum Gasteiger partial charge on any atom is 0.327 e. The fraction of sp³-hybridized carbons (Fsp3) is 0.400. The lowest BCUT2D eigenvalue weighted by molar-refractivity contribution is -0.166. The Morgan fingerprint density at radius 2 is 2.00 bits per heavy atom. The summed E-state index contributed by atoms with van der Waals surface area (Å²) < 4.78 is 9.56. The van der Waals surface area contributed by atoms with Gasteiger partial charge in [-0.25, -0.2) is 0 Å². The Kier molecular flexibility index (Phi) is 2.82. The van der Waals surface area contributed by atoms with E-state index < -0.39 is 11.9 Å². The normalized spacial score (nSPS) is 17.9. The van der Waals surface area contributed by atoms with Crippen molar-refractivity contribution in [3.05, 3.63) is 24.2 Å². The molecule has 2 rings (SSSR count). The Bertz CT molecular complexity index is 342. The smallest absolute Gasteiger partial charge is 0.327 e. The standard InChI is InChI=1S/C10H11NO4/c12-9-6-11(7-10(13)15-9)4-3-8-2-1-5-14-8/h1-2,5H,3-4,6-7H2. The lowest BCUT2D eigenvalue weighted by Crippen LogP contribution is -2.43. The van der Waals surface area contributed by atoms with Gasteiger partial charge in [0.1, 0.15) is 5.76 Å². The molecular formula is C10H11NO4. The summed E-state index contributed by atoms with van der Waals surface area (Å²) in [7, 11) is 0. The third kappa shape index (κ3) is 2.66. The summed E-state index contributed by atoms with van der Waals surface area (Å²) in [6.45, 7) is 0.966. The van der Waals surface area contributed by atoms with Crippen molar-refractivity contribution in [2.24, 2.45) is 0 Å². The van der Waals surface area contributed by atoms with Crippen LogP contribution in [0.4, 0.5) is 0 Å². The van der Waals surface area contributed by atoms with Crippen LogP contribution in [0.3, 0.4) is 0 Å². The van der Waals surface area contributed by atoms with Crippen LogP contribution in [0, 0.1) is 0 Å². The fourth-order valence-electron chi connectivity index (χ4n) is 1.49. The zero-order valence-electron chi connectivity index (χ0n) is 8.14. The second-order valence-corrected chi connectivity index (χ2v) is 3.39. The van der Waals surface area contributed by atoms with E-state index in [0.29, 0.717) is 13.0 Å². The Morgan fingerprint density at radius 3 is 2.60 bits per heavy atom. The van der Waals surface area contributed by atoms with Crippen LogP contribution < -0.4 is 0 Å². The summed E-state index contributed by atoms with van der Waals surface area (Å²) in [5.41, 5.74) is 0. The Balaban J connectivity index is 1.84.